The van der Waals surface area contributed by atoms with Crippen LogP contribution in [-0.4, -0.2) is 102 Å². The Morgan fingerprint density at radius 2 is 1.02 bits per heavy atom. The Morgan fingerprint density at radius 1 is 0.609 bits per heavy atom. The van der Waals surface area contributed by atoms with Crippen LogP contribution in [0.2, 0.25) is 0 Å². The lowest BCUT2D eigenvalue weighted by molar-refractivity contribution is 0.0514. The van der Waals surface area contributed by atoms with Gasteiger partial charge < -0.3 is 38.4 Å². The fraction of sp³-hybridized carbons (Fsp3) is 0.611. The van der Waals surface area contributed by atoms with Crippen molar-refractivity contribution in [1.82, 2.24) is 9.80 Å². The molecule has 2 aromatic carbocycles. The van der Waals surface area contributed by atoms with Crippen LogP contribution < -0.4 is 18.9 Å². The zero-order valence-corrected chi connectivity index (χ0v) is 28.3. The number of benzene rings is 2. The van der Waals surface area contributed by atoms with Gasteiger partial charge in [-0.25, -0.2) is 0 Å². The fourth-order valence-electron chi connectivity index (χ4n) is 8.68. The van der Waals surface area contributed by atoms with Gasteiger partial charge in [0.2, 0.25) is 0 Å². The van der Waals surface area contributed by atoms with E-state index in [0.717, 1.165) is 98.9 Å². The highest BCUT2D eigenvalue weighted by Crippen LogP contribution is 2.50. The molecule has 10 nitrogen and oxygen atoms in total. The first kappa shape index (κ1) is 32.4. The molecular weight excluding hydrogens is 584 g/mol. The van der Waals surface area contributed by atoms with Crippen LogP contribution in [0.4, 0.5) is 0 Å². The van der Waals surface area contributed by atoms with Crippen molar-refractivity contribution in [2.24, 2.45) is 10.3 Å². The van der Waals surface area contributed by atoms with Crippen molar-refractivity contribution in [3.05, 3.63) is 47.5 Å². The highest BCUT2D eigenvalue weighted by Gasteiger charge is 2.51. The predicted octanol–water partition coefficient (Wildman–Crippen LogP) is 5.42. The van der Waals surface area contributed by atoms with E-state index >= 15 is 0 Å². The van der Waals surface area contributed by atoms with E-state index in [0.29, 0.717) is 25.3 Å². The van der Waals surface area contributed by atoms with E-state index < -0.39 is 0 Å². The van der Waals surface area contributed by atoms with E-state index in [1.165, 1.54) is 11.1 Å². The highest BCUT2D eigenvalue weighted by molar-refractivity contribution is 5.86. The van der Waals surface area contributed by atoms with Crippen molar-refractivity contribution < 1.29 is 28.6 Å². The average Bonchev–Trinajstić information content (AvgIpc) is 3.62. The Bertz CT molecular complexity index is 1340. The number of likely N-dealkylation sites (tertiary alicyclic amines) is 2. The van der Waals surface area contributed by atoms with Crippen LogP contribution in [0.15, 0.2) is 46.7 Å². The molecule has 2 aliphatic heterocycles. The van der Waals surface area contributed by atoms with Crippen LogP contribution in [0, 0.1) is 0 Å². The largest absolute Gasteiger partial charge is 0.493 e. The van der Waals surface area contributed by atoms with Crippen molar-refractivity contribution in [2.75, 3.05) is 68.8 Å². The monoisotopic (exact) mass is 634 g/mol. The molecule has 0 unspecified atom stereocenters. The highest BCUT2D eigenvalue weighted by atomic mass is 16.7. The van der Waals surface area contributed by atoms with Gasteiger partial charge in [-0.05, 0) is 101 Å². The lowest BCUT2D eigenvalue weighted by Gasteiger charge is -2.42. The molecule has 0 radical (unpaired) electrons. The van der Waals surface area contributed by atoms with Gasteiger partial charge in [-0.15, -0.1) is 0 Å². The molecule has 46 heavy (non-hydrogen) atoms. The Morgan fingerprint density at radius 3 is 1.41 bits per heavy atom. The van der Waals surface area contributed by atoms with E-state index in [-0.39, 0.29) is 10.8 Å². The van der Waals surface area contributed by atoms with Crippen molar-refractivity contribution in [3.8, 4) is 23.0 Å². The molecule has 2 aromatic rings. The number of likely N-dealkylation sites (N-methyl/N-ethyl adjacent to an activating group) is 2. The summed E-state index contributed by atoms with van der Waals surface area (Å²) in [6.07, 6.45) is 7.93. The zero-order valence-electron chi connectivity index (χ0n) is 28.3. The molecule has 2 heterocycles. The SMILES string of the molecule is COc1ccc([C@@]23CCC(=NOCCON=C4CC[C@@]5(c6ccc(OC)c(OC)c6)CCN(C)[C@H]5C4)C[C@@H]2N(C)CC3)cc1OC. The number of hydrogen-bond acceptors (Lipinski definition) is 10. The van der Waals surface area contributed by atoms with Gasteiger partial charge in [-0.1, -0.05) is 22.4 Å². The van der Waals surface area contributed by atoms with Gasteiger partial charge in [0.15, 0.2) is 36.2 Å². The summed E-state index contributed by atoms with van der Waals surface area (Å²) in [5, 5.41) is 9.12. The smallest absolute Gasteiger partial charge is 0.161 e. The van der Waals surface area contributed by atoms with Gasteiger partial charge in [-0.2, -0.15) is 0 Å². The third-order valence-electron chi connectivity index (χ3n) is 11.3. The van der Waals surface area contributed by atoms with E-state index in [2.05, 4.69) is 58.5 Å². The summed E-state index contributed by atoms with van der Waals surface area (Å²) in [5.41, 5.74) is 5.03. The van der Waals surface area contributed by atoms with Gasteiger partial charge in [0.1, 0.15) is 0 Å². The van der Waals surface area contributed by atoms with E-state index in [1.807, 2.05) is 12.1 Å². The number of methoxy groups -OCH3 is 4. The van der Waals surface area contributed by atoms with Gasteiger partial charge >= 0.3 is 0 Å². The quantitative estimate of drug-likeness (QED) is 0.239. The fourth-order valence-corrected chi connectivity index (χ4v) is 8.68. The van der Waals surface area contributed by atoms with Gasteiger partial charge in [0.25, 0.3) is 0 Å². The summed E-state index contributed by atoms with van der Waals surface area (Å²) in [4.78, 5) is 16.5. The topological polar surface area (TPSA) is 86.6 Å². The Balaban J connectivity index is 1.02. The predicted molar refractivity (Wildman–Crippen MR) is 179 cm³/mol. The van der Waals surface area contributed by atoms with Crippen molar-refractivity contribution in [3.63, 3.8) is 0 Å². The molecule has 0 aromatic heterocycles. The number of ether oxygens (including phenoxy) is 4. The molecule has 2 saturated carbocycles. The first-order valence-electron chi connectivity index (χ1n) is 16.6. The second kappa shape index (κ2) is 13.7. The van der Waals surface area contributed by atoms with Gasteiger partial charge in [0.05, 0.1) is 39.9 Å². The number of rotatable bonds is 11. The van der Waals surface area contributed by atoms with Crippen molar-refractivity contribution >= 4 is 11.4 Å². The summed E-state index contributed by atoms with van der Waals surface area (Å²) in [6, 6.07) is 13.5. The molecule has 10 heteroatoms. The first-order chi connectivity index (χ1) is 22.4. The molecule has 0 bridgehead atoms. The lowest BCUT2D eigenvalue weighted by Crippen LogP contribution is -2.46. The summed E-state index contributed by atoms with van der Waals surface area (Å²) in [7, 11) is 11.2. The third-order valence-corrected chi connectivity index (χ3v) is 11.3. The van der Waals surface area contributed by atoms with Crippen LogP contribution >= 0.6 is 0 Å². The molecule has 2 saturated heterocycles. The van der Waals surface area contributed by atoms with Crippen LogP contribution in [0.5, 0.6) is 23.0 Å². The average molecular weight is 635 g/mol. The van der Waals surface area contributed by atoms with Gasteiger partial charge in [0, 0.05) is 35.8 Å². The summed E-state index contributed by atoms with van der Waals surface area (Å²) < 4.78 is 22.2. The molecule has 4 atom stereocenters. The van der Waals surface area contributed by atoms with E-state index in [1.54, 1.807) is 28.4 Å². The van der Waals surface area contributed by atoms with Crippen molar-refractivity contribution in [1.29, 1.82) is 0 Å². The second-order valence-corrected chi connectivity index (χ2v) is 13.3. The van der Waals surface area contributed by atoms with Crippen LogP contribution in [0.25, 0.3) is 0 Å². The minimum Gasteiger partial charge on any atom is -0.493 e. The van der Waals surface area contributed by atoms with E-state index in [9.17, 15) is 0 Å². The van der Waals surface area contributed by atoms with Crippen LogP contribution in [0.3, 0.4) is 0 Å². The number of hydrogen-bond donors (Lipinski definition) is 0. The zero-order chi connectivity index (χ0) is 32.3. The van der Waals surface area contributed by atoms with E-state index in [4.69, 9.17) is 28.6 Å². The maximum Gasteiger partial charge on any atom is 0.161 e. The lowest BCUT2D eigenvalue weighted by atomic mass is 9.65. The van der Waals surface area contributed by atoms with Crippen LogP contribution in [0.1, 0.15) is 62.5 Å². The summed E-state index contributed by atoms with van der Waals surface area (Å²) in [5.74, 6) is 3.10. The Hall–Kier alpha value is -3.50. The van der Waals surface area contributed by atoms with Crippen molar-refractivity contribution in [2.45, 2.75) is 74.3 Å². The molecule has 0 N–H and O–H groups in total. The van der Waals surface area contributed by atoms with Gasteiger partial charge in [-0.3, -0.25) is 0 Å². The number of oxime groups is 2. The Labute approximate surface area is 273 Å². The molecule has 6 rings (SSSR count). The minimum atomic E-state index is 0.0803. The summed E-state index contributed by atoms with van der Waals surface area (Å²) in [6.45, 7) is 2.88. The number of nitrogens with zero attached hydrogens (tertiary/aromatic N) is 4. The standard InChI is InChI=1S/C36H50N4O6/c1-39-17-15-35(25-7-9-29(41-3)31(21-25)43-5)13-11-27(23-33(35)39)37-45-19-20-46-38-28-12-14-36(16-18-40(2)34(36)24-28)26-8-10-30(42-4)32(22-26)44-6/h7-10,21-22,33-34H,11-20,23-24H2,1-6H3/t33-,34-,35-,36-/m0/s1. The molecule has 4 fully saturated rings. The third kappa shape index (κ3) is 5.90. The Kier molecular flexibility index (Phi) is 9.66. The minimum absolute atomic E-state index is 0.0803. The van der Waals surface area contributed by atoms with Crippen LogP contribution in [-0.2, 0) is 20.5 Å². The molecule has 2 aliphatic carbocycles. The maximum atomic E-state index is 5.76. The second-order valence-electron chi connectivity index (χ2n) is 13.3. The number of fused-ring (bicyclic) bond motifs is 2. The molecule has 4 aliphatic rings. The normalized spacial score (nSPS) is 29.8. The molecule has 0 spiro atoms. The first-order valence-corrected chi connectivity index (χ1v) is 16.6. The molecule has 0 amide bonds. The summed E-state index contributed by atoms with van der Waals surface area (Å²) >= 11 is 0. The molecular formula is C36H50N4O6. The maximum absolute atomic E-state index is 5.76. The molecule has 250 valence electrons.